The van der Waals surface area contributed by atoms with E-state index in [0.717, 1.165) is 5.56 Å². The molecule has 126 valence electrons. The maximum Gasteiger partial charge on any atom is 0.270 e. The third kappa shape index (κ3) is 4.60. The number of nitrogens with one attached hydrogen (secondary N) is 2. The van der Waals surface area contributed by atoms with Gasteiger partial charge in [-0.25, -0.2) is 8.78 Å². The van der Waals surface area contributed by atoms with Crippen molar-refractivity contribution in [2.45, 2.75) is 6.54 Å². The van der Waals surface area contributed by atoms with E-state index in [1.165, 1.54) is 30.5 Å². The molecule has 0 fully saturated rings. The molecule has 0 saturated carbocycles. The number of anilines is 2. The Kier molecular flexibility index (Phi) is 4.99. The van der Waals surface area contributed by atoms with E-state index < -0.39 is 0 Å². The summed E-state index contributed by atoms with van der Waals surface area (Å²) in [5.74, 6) is -0.982. The van der Waals surface area contributed by atoms with E-state index in [0.29, 0.717) is 11.4 Å². The van der Waals surface area contributed by atoms with Crippen LogP contribution in [0.4, 0.5) is 20.2 Å². The van der Waals surface area contributed by atoms with Crippen molar-refractivity contribution >= 4 is 17.3 Å². The summed E-state index contributed by atoms with van der Waals surface area (Å²) in [4.78, 5) is 16.3. The Morgan fingerprint density at radius 3 is 2.20 bits per heavy atom. The standard InChI is InChI=1S/C19H15F2N3O/c20-14-3-1-13(2-4-14)12-23-19(25)18-11-17(9-10-22-18)24-16-7-5-15(21)6-8-16/h1-11H,12H2,(H,22,24)(H,23,25). The fourth-order valence-corrected chi connectivity index (χ4v) is 2.21. The van der Waals surface area contributed by atoms with Gasteiger partial charge in [0.25, 0.3) is 5.91 Å². The van der Waals surface area contributed by atoms with Crippen LogP contribution in [0.2, 0.25) is 0 Å². The molecule has 0 aliphatic rings. The van der Waals surface area contributed by atoms with E-state index in [-0.39, 0.29) is 29.8 Å². The Morgan fingerprint density at radius 2 is 1.52 bits per heavy atom. The lowest BCUT2D eigenvalue weighted by Gasteiger charge is -2.09. The number of rotatable bonds is 5. The molecule has 0 aliphatic heterocycles. The van der Waals surface area contributed by atoms with Gasteiger partial charge >= 0.3 is 0 Å². The van der Waals surface area contributed by atoms with Crippen LogP contribution in [0, 0.1) is 11.6 Å². The minimum absolute atomic E-state index is 0.245. The average molecular weight is 339 g/mol. The number of benzene rings is 2. The zero-order valence-electron chi connectivity index (χ0n) is 13.2. The number of aromatic nitrogens is 1. The predicted octanol–water partition coefficient (Wildman–Crippen LogP) is 4.03. The quantitative estimate of drug-likeness (QED) is 0.738. The first-order valence-corrected chi connectivity index (χ1v) is 7.61. The highest BCUT2D eigenvalue weighted by Gasteiger charge is 2.08. The van der Waals surface area contributed by atoms with Crippen LogP contribution in [0.1, 0.15) is 16.1 Å². The molecule has 1 aromatic heterocycles. The van der Waals surface area contributed by atoms with Crippen molar-refractivity contribution in [3.05, 3.63) is 89.8 Å². The predicted molar refractivity (Wildman–Crippen MR) is 91.5 cm³/mol. The largest absolute Gasteiger partial charge is 0.355 e. The van der Waals surface area contributed by atoms with Crippen LogP contribution in [-0.2, 0) is 6.54 Å². The molecule has 0 atom stereocenters. The van der Waals surface area contributed by atoms with Gasteiger partial charge < -0.3 is 10.6 Å². The molecule has 0 unspecified atom stereocenters. The van der Waals surface area contributed by atoms with Crippen LogP contribution in [0.5, 0.6) is 0 Å². The van der Waals surface area contributed by atoms with Gasteiger partial charge in [0.15, 0.2) is 0 Å². The van der Waals surface area contributed by atoms with E-state index in [9.17, 15) is 13.6 Å². The number of carbonyl (C=O) groups is 1. The summed E-state index contributed by atoms with van der Waals surface area (Å²) in [6.45, 7) is 0.274. The zero-order valence-corrected chi connectivity index (χ0v) is 13.2. The van der Waals surface area contributed by atoms with E-state index in [1.54, 1.807) is 36.4 Å². The molecular weight excluding hydrogens is 324 g/mol. The SMILES string of the molecule is O=C(NCc1ccc(F)cc1)c1cc(Nc2ccc(F)cc2)ccn1. The molecule has 1 amide bonds. The number of carbonyl (C=O) groups excluding carboxylic acids is 1. The Bertz CT molecular complexity index is 865. The first kappa shape index (κ1) is 16.6. The number of hydrogen-bond donors (Lipinski definition) is 2. The van der Waals surface area contributed by atoms with Crippen LogP contribution in [0.25, 0.3) is 0 Å². The fraction of sp³-hybridized carbons (Fsp3) is 0.0526. The third-order valence-electron chi connectivity index (χ3n) is 3.49. The van der Waals surface area contributed by atoms with E-state index >= 15 is 0 Å². The van der Waals surface area contributed by atoms with Gasteiger partial charge in [-0.2, -0.15) is 0 Å². The van der Waals surface area contributed by atoms with Gasteiger partial charge in [-0.1, -0.05) is 12.1 Å². The van der Waals surface area contributed by atoms with Gasteiger partial charge in [-0.05, 0) is 54.1 Å². The van der Waals surface area contributed by atoms with Gasteiger partial charge in [0, 0.05) is 24.1 Å². The molecule has 0 spiro atoms. The molecule has 6 heteroatoms. The highest BCUT2D eigenvalue weighted by atomic mass is 19.1. The lowest BCUT2D eigenvalue weighted by Crippen LogP contribution is -2.23. The summed E-state index contributed by atoms with van der Waals surface area (Å²) < 4.78 is 25.8. The highest BCUT2D eigenvalue weighted by molar-refractivity contribution is 5.93. The summed E-state index contributed by atoms with van der Waals surface area (Å²) in [5.41, 5.74) is 2.39. The van der Waals surface area contributed by atoms with Gasteiger partial charge in [0.2, 0.25) is 0 Å². The summed E-state index contributed by atoms with van der Waals surface area (Å²) in [6.07, 6.45) is 1.51. The van der Waals surface area contributed by atoms with Crippen LogP contribution in [0.15, 0.2) is 66.9 Å². The Balaban J connectivity index is 1.64. The third-order valence-corrected chi connectivity index (χ3v) is 3.49. The minimum atomic E-state index is -0.341. The van der Waals surface area contributed by atoms with Crippen molar-refractivity contribution in [1.82, 2.24) is 10.3 Å². The molecular formula is C19H15F2N3O. The first-order valence-electron chi connectivity index (χ1n) is 7.61. The highest BCUT2D eigenvalue weighted by Crippen LogP contribution is 2.17. The zero-order chi connectivity index (χ0) is 17.6. The lowest BCUT2D eigenvalue weighted by atomic mass is 10.2. The molecule has 0 radical (unpaired) electrons. The number of hydrogen-bond acceptors (Lipinski definition) is 3. The van der Waals surface area contributed by atoms with Crippen LogP contribution in [0.3, 0.4) is 0 Å². The molecule has 2 aromatic carbocycles. The molecule has 3 aromatic rings. The van der Waals surface area contributed by atoms with E-state index in [1.807, 2.05) is 0 Å². The second kappa shape index (κ2) is 7.53. The maximum absolute atomic E-state index is 12.9. The minimum Gasteiger partial charge on any atom is -0.355 e. The molecule has 25 heavy (non-hydrogen) atoms. The van der Waals surface area contributed by atoms with E-state index in [4.69, 9.17) is 0 Å². The summed E-state index contributed by atoms with van der Waals surface area (Å²) in [7, 11) is 0. The number of nitrogens with zero attached hydrogens (tertiary/aromatic N) is 1. The van der Waals surface area contributed by atoms with Crippen LogP contribution >= 0.6 is 0 Å². The van der Waals surface area contributed by atoms with Gasteiger partial charge in [0.05, 0.1) is 0 Å². The molecule has 4 nitrogen and oxygen atoms in total. The lowest BCUT2D eigenvalue weighted by molar-refractivity contribution is 0.0946. The normalized spacial score (nSPS) is 10.3. The Hall–Kier alpha value is -3.28. The fourth-order valence-electron chi connectivity index (χ4n) is 2.21. The summed E-state index contributed by atoms with van der Waals surface area (Å²) in [6, 6.07) is 15.1. The summed E-state index contributed by atoms with van der Waals surface area (Å²) in [5, 5.41) is 5.81. The molecule has 0 aliphatic carbocycles. The molecule has 2 N–H and O–H groups in total. The van der Waals surface area contributed by atoms with Crippen LogP contribution in [-0.4, -0.2) is 10.9 Å². The van der Waals surface area contributed by atoms with Gasteiger partial charge in [0.1, 0.15) is 17.3 Å². The van der Waals surface area contributed by atoms with Crippen molar-refractivity contribution in [1.29, 1.82) is 0 Å². The number of pyridine rings is 1. The van der Waals surface area contributed by atoms with Crippen molar-refractivity contribution < 1.29 is 13.6 Å². The summed E-state index contributed by atoms with van der Waals surface area (Å²) >= 11 is 0. The van der Waals surface area contributed by atoms with Crippen molar-refractivity contribution in [3.63, 3.8) is 0 Å². The average Bonchev–Trinajstić information content (AvgIpc) is 2.63. The molecule has 0 bridgehead atoms. The van der Waals surface area contributed by atoms with Crippen LogP contribution < -0.4 is 10.6 Å². The number of amides is 1. The Morgan fingerprint density at radius 1 is 0.880 bits per heavy atom. The molecule has 0 saturated heterocycles. The monoisotopic (exact) mass is 339 g/mol. The van der Waals surface area contributed by atoms with E-state index in [2.05, 4.69) is 15.6 Å². The smallest absolute Gasteiger partial charge is 0.270 e. The second-order valence-electron chi connectivity index (χ2n) is 5.37. The topological polar surface area (TPSA) is 54.0 Å². The van der Waals surface area contributed by atoms with Gasteiger partial charge in [-0.3, -0.25) is 9.78 Å². The second-order valence-corrected chi connectivity index (χ2v) is 5.37. The van der Waals surface area contributed by atoms with Crippen molar-refractivity contribution in [3.8, 4) is 0 Å². The molecule has 1 heterocycles. The molecule has 3 rings (SSSR count). The number of halogens is 2. The maximum atomic E-state index is 12.9. The Labute approximate surface area is 143 Å². The van der Waals surface area contributed by atoms with Crippen molar-refractivity contribution in [2.75, 3.05) is 5.32 Å². The van der Waals surface area contributed by atoms with Gasteiger partial charge in [-0.15, -0.1) is 0 Å². The first-order chi connectivity index (χ1) is 12.1. The van der Waals surface area contributed by atoms with Crippen molar-refractivity contribution in [2.24, 2.45) is 0 Å².